The van der Waals surface area contributed by atoms with Gasteiger partial charge in [-0.3, -0.25) is 0 Å². The third kappa shape index (κ3) is 2.21. The largest absolute Gasteiger partial charge is 1.00 e. The molecule has 0 radical (unpaired) electrons. The van der Waals surface area contributed by atoms with E-state index in [-0.39, 0.29) is 36.2 Å². The van der Waals surface area contributed by atoms with Gasteiger partial charge in [-0.05, 0) is 17.7 Å². The molecule has 3 rings (SSSR count). The van der Waals surface area contributed by atoms with Crippen LogP contribution < -0.4 is 29.6 Å². The normalized spacial score (nSPS) is 10.6. The number of aliphatic hydroxyl groups is 1. The van der Waals surface area contributed by atoms with Crippen molar-refractivity contribution in [2.75, 3.05) is 0 Å². The molecule has 0 bridgehead atoms. The molecule has 0 amide bonds. The van der Waals surface area contributed by atoms with E-state index in [1.165, 1.54) is 0 Å². The molecule has 0 saturated heterocycles. The van der Waals surface area contributed by atoms with E-state index in [1.807, 2.05) is 36.4 Å². The predicted octanol–water partition coefficient (Wildman–Crippen LogP) is -0.0119. The van der Waals surface area contributed by atoms with Crippen molar-refractivity contribution < 1.29 is 39.1 Å². The van der Waals surface area contributed by atoms with Crippen LogP contribution in [0, 0.1) is 0 Å². The van der Waals surface area contributed by atoms with Crippen molar-refractivity contribution in [2.24, 2.45) is 0 Å². The van der Waals surface area contributed by atoms with Crippen molar-refractivity contribution in [1.82, 2.24) is 0 Å². The van der Waals surface area contributed by atoms with Crippen LogP contribution in [0.1, 0.15) is 5.56 Å². The molecule has 0 aliphatic heterocycles. The van der Waals surface area contributed by atoms with Gasteiger partial charge in [0.25, 0.3) is 0 Å². The molecule has 0 aliphatic carbocycles. The molecule has 2 nitrogen and oxygen atoms in total. The van der Waals surface area contributed by atoms with E-state index in [0.29, 0.717) is 0 Å². The fourth-order valence-corrected chi connectivity index (χ4v) is 2.08. The summed E-state index contributed by atoms with van der Waals surface area (Å²) in [5.41, 5.74) is 2.45. The molecule has 0 aliphatic rings. The molecule has 4 heteroatoms. The zero-order chi connectivity index (χ0) is 11.1. The van der Waals surface area contributed by atoms with E-state index in [2.05, 4.69) is 0 Å². The Morgan fingerprint density at radius 3 is 2.35 bits per heavy atom. The number of hydrogen-bond acceptors (Lipinski definition) is 3. The van der Waals surface area contributed by atoms with Crippen LogP contribution in [0.3, 0.4) is 0 Å². The number of benzene rings is 2. The summed E-state index contributed by atoms with van der Waals surface area (Å²) >= 11 is 5.09. The molecule has 1 aromatic heterocycles. The Balaban J connectivity index is 0.00000108. The summed E-state index contributed by atoms with van der Waals surface area (Å²) < 4.78 is 5.70. The summed E-state index contributed by atoms with van der Waals surface area (Å²) in [4.78, 5) is 0.772. The van der Waals surface area contributed by atoms with Gasteiger partial charge in [-0.25, -0.2) is 0 Å². The number of hydrogen-bond donors (Lipinski definition) is 1. The van der Waals surface area contributed by atoms with Crippen LogP contribution in [0.4, 0.5) is 0 Å². The number of aliphatic hydroxyl groups excluding tert-OH is 1. The molecule has 3 aromatic rings. The van der Waals surface area contributed by atoms with Crippen molar-refractivity contribution in [3.63, 3.8) is 0 Å². The fourth-order valence-electron chi connectivity index (χ4n) is 1.90. The molecule has 0 spiro atoms. The van der Waals surface area contributed by atoms with Gasteiger partial charge in [-0.2, -0.15) is 4.90 Å². The Morgan fingerprint density at radius 1 is 1.00 bits per heavy atom. The quantitative estimate of drug-likeness (QED) is 0.488. The van der Waals surface area contributed by atoms with Crippen LogP contribution in [0.15, 0.2) is 45.7 Å². The second-order valence-corrected chi connectivity index (χ2v) is 4.22. The van der Waals surface area contributed by atoms with Gasteiger partial charge in [0.2, 0.25) is 0 Å². The van der Waals surface area contributed by atoms with Crippen LogP contribution in [0.5, 0.6) is 0 Å². The smallest absolute Gasteiger partial charge is 0.780 e. The SMILES string of the molecule is OCc1ccc2c(c1)oc1cc([S-])ccc12.[Na+]. The molecular weight excluding hydrogens is 243 g/mol. The van der Waals surface area contributed by atoms with Gasteiger partial charge in [0, 0.05) is 10.8 Å². The van der Waals surface area contributed by atoms with Gasteiger partial charge in [0.15, 0.2) is 0 Å². The van der Waals surface area contributed by atoms with Gasteiger partial charge in [0.05, 0.1) is 6.61 Å². The van der Waals surface area contributed by atoms with Crippen LogP contribution in [0.2, 0.25) is 0 Å². The Morgan fingerprint density at radius 2 is 1.65 bits per heavy atom. The summed E-state index contributed by atoms with van der Waals surface area (Å²) in [6, 6.07) is 11.4. The summed E-state index contributed by atoms with van der Waals surface area (Å²) in [7, 11) is 0. The van der Waals surface area contributed by atoms with Crippen molar-refractivity contribution in [2.45, 2.75) is 11.5 Å². The molecule has 2 aromatic carbocycles. The summed E-state index contributed by atoms with van der Waals surface area (Å²) in [6.07, 6.45) is 0. The van der Waals surface area contributed by atoms with Crippen molar-refractivity contribution in [3.05, 3.63) is 42.0 Å². The Hall–Kier alpha value is -0.580. The average Bonchev–Trinajstić information content (AvgIpc) is 2.64. The van der Waals surface area contributed by atoms with Gasteiger partial charge >= 0.3 is 29.6 Å². The van der Waals surface area contributed by atoms with E-state index in [4.69, 9.17) is 22.2 Å². The first-order valence-electron chi connectivity index (χ1n) is 5.01. The van der Waals surface area contributed by atoms with Gasteiger partial charge < -0.3 is 22.2 Å². The first-order valence-corrected chi connectivity index (χ1v) is 5.42. The second kappa shape index (κ2) is 4.96. The molecule has 1 heterocycles. The maximum absolute atomic E-state index is 9.06. The molecule has 0 fully saturated rings. The molecular formula is C13H9NaO2S. The molecule has 0 saturated carbocycles. The molecule has 0 atom stereocenters. The number of fused-ring (bicyclic) bond motifs is 3. The molecule has 80 valence electrons. The van der Waals surface area contributed by atoms with E-state index < -0.39 is 0 Å². The predicted molar refractivity (Wildman–Crippen MR) is 65.3 cm³/mol. The fraction of sp³-hybridized carbons (Fsp3) is 0.0769. The minimum absolute atomic E-state index is 0. The average molecular weight is 252 g/mol. The van der Waals surface area contributed by atoms with E-state index >= 15 is 0 Å². The van der Waals surface area contributed by atoms with E-state index in [1.54, 1.807) is 0 Å². The minimum Gasteiger partial charge on any atom is -0.780 e. The van der Waals surface area contributed by atoms with E-state index in [9.17, 15) is 0 Å². The van der Waals surface area contributed by atoms with E-state index in [0.717, 1.165) is 32.4 Å². The molecule has 0 unspecified atom stereocenters. The maximum atomic E-state index is 9.06. The Labute approximate surface area is 126 Å². The van der Waals surface area contributed by atoms with Crippen LogP contribution in [-0.4, -0.2) is 5.11 Å². The van der Waals surface area contributed by atoms with Crippen LogP contribution in [0.25, 0.3) is 21.9 Å². The van der Waals surface area contributed by atoms with Gasteiger partial charge in [-0.1, -0.05) is 24.3 Å². The first kappa shape index (κ1) is 12.9. The van der Waals surface area contributed by atoms with Crippen molar-refractivity contribution >= 4 is 34.6 Å². The second-order valence-electron chi connectivity index (χ2n) is 3.75. The summed E-state index contributed by atoms with van der Waals surface area (Å²) in [5, 5.41) is 11.2. The number of rotatable bonds is 1. The van der Waals surface area contributed by atoms with Crippen LogP contribution >= 0.6 is 0 Å². The summed E-state index contributed by atoms with van der Waals surface area (Å²) in [6.45, 7) is 0.0271. The molecule has 17 heavy (non-hydrogen) atoms. The zero-order valence-electron chi connectivity index (χ0n) is 9.43. The maximum Gasteiger partial charge on any atom is 1.00 e. The third-order valence-electron chi connectivity index (χ3n) is 2.69. The Bertz CT molecular complexity index is 676. The third-order valence-corrected chi connectivity index (χ3v) is 2.95. The van der Waals surface area contributed by atoms with Gasteiger partial charge in [0.1, 0.15) is 11.2 Å². The monoisotopic (exact) mass is 252 g/mol. The van der Waals surface area contributed by atoms with Crippen molar-refractivity contribution in [1.29, 1.82) is 0 Å². The number of furan rings is 1. The van der Waals surface area contributed by atoms with Crippen molar-refractivity contribution in [3.8, 4) is 0 Å². The minimum atomic E-state index is 0. The topological polar surface area (TPSA) is 33.4 Å². The summed E-state index contributed by atoms with van der Waals surface area (Å²) in [5.74, 6) is 0. The zero-order valence-corrected chi connectivity index (χ0v) is 12.3. The van der Waals surface area contributed by atoms with Gasteiger partial charge in [-0.15, -0.1) is 0 Å². The first-order chi connectivity index (χ1) is 7.78. The molecule has 1 N–H and O–H groups in total. The Kier molecular flexibility index (Phi) is 3.76. The van der Waals surface area contributed by atoms with Crippen LogP contribution in [-0.2, 0) is 19.2 Å². The standard InChI is InChI=1S/C13H10O2S.Na/c14-7-8-1-3-10-11-4-2-9(16)6-13(11)15-12(10)5-8;/h1-6,14,16H,7H2;/q;+1/p-1.